The van der Waals surface area contributed by atoms with Gasteiger partial charge in [-0.05, 0) is 48.6 Å². The molecule has 1 aliphatic rings. The molecule has 0 aromatic heterocycles. The number of Topliss-reactive ketones (excluding diaryl/α,β-unsaturated/α-hetero) is 2. The Balaban J connectivity index is 1.79. The number of sulfonamides is 1. The summed E-state index contributed by atoms with van der Waals surface area (Å²) >= 11 is 0. The summed E-state index contributed by atoms with van der Waals surface area (Å²) in [5.41, 5.74) is 4.40. The van der Waals surface area contributed by atoms with Gasteiger partial charge in [-0.3, -0.25) is 9.59 Å². The molecule has 4 aromatic carbocycles. The van der Waals surface area contributed by atoms with Gasteiger partial charge in [0.2, 0.25) is 10.0 Å². The molecular formula is C37H37NO4S. The lowest BCUT2D eigenvalue weighted by molar-refractivity contribution is -0.119. The highest BCUT2D eigenvalue weighted by Crippen LogP contribution is 2.42. The smallest absolute Gasteiger partial charge is 0.243 e. The molecule has 0 spiro atoms. The number of benzene rings is 4. The van der Waals surface area contributed by atoms with Crippen molar-refractivity contribution in [1.29, 1.82) is 0 Å². The molecule has 4 aromatic rings. The van der Waals surface area contributed by atoms with Gasteiger partial charge in [0.1, 0.15) is 5.78 Å². The zero-order valence-electron chi connectivity index (χ0n) is 24.6. The molecule has 5 nitrogen and oxygen atoms in total. The molecule has 0 N–H and O–H groups in total. The van der Waals surface area contributed by atoms with E-state index in [2.05, 4.69) is 0 Å². The number of rotatable bonds is 11. The Kier molecular flexibility index (Phi) is 9.49. The van der Waals surface area contributed by atoms with Crippen LogP contribution in [0, 0.1) is 12.8 Å². The van der Waals surface area contributed by atoms with Gasteiger partial charge >= 0.3 is 0 Å². The van der Waals surface area contributed by atoms with E-state index in [9.17, 15) is 18.0 Å². The van der Waals surface area contributed by atoms with Crippen molar-refractivity contribution < 1.29 is 18.0 Å². The number of aryl methyl sites for hydroxylation is 1. The minimum atomic E-state index is -4.01. The lowest BCUT2D eigenvalue weighted by Gasteiger charge is -2.42. The lowest BCUT2D eigenvalue weighted by atomic mass is 9.76. The number of hydrogen-bond acceptors (Lipinski definition) is 4. The summed E-state index contributed by atoms with van der Waals surface area (Å²) in [4.78, 5) is 27.8. The second kappa shape index (κ2) is 13.4. The molecule has 0 saturated heterocycles. The Hall–Kier alpha value is -4.13. The lowest BCUT2D eigenvalue weighted by Crippen LogP contribution is -2.50. The molecule has 220 valence electrons. The molecule has 43 heavy (non-hydrogen) atoms. The first-order valence-corrected chi connectivity index (χ1v) is 16.3. The van der Waals surface area contributed by atoms with Gasteiger partial charge in [-0.1, -0.05) is 116 Å². The van der Waals surface area contributed by atoms with Crippen molar-refractivity contribution in [2.75, 3.05) is 6.54 Å². The fraction of sp³-hybridized carbons (Fsp3) is 0.243. The highest BCUT2D eigenvalue weighted by molar-refractivity contribution is 7.89. The van der Waals surface area contributed by atoms with Gasteiger partial charge in [0, 0.05) is 36.4 Å². The summed E-state index contributed by atoms with van der Waals surface area (Å²) in [7, 11) is -4.01. The van der Waals surface area contributed by atoms with E-state index in [1.54, 1.807) is 40.7 Å². The van der Waals surface area contributed by atoms with E-state index < -0.39 is 22.0 Å². The Morgan fingerprint density at radius 3 is 1.98 bits per heavy atom. The van der Waals surface area contributed by atoms with Gasteiger partial charge in [-0.15, -0.1) is 0 Å². The number of carbonyl (C=O) groups is 2. The van der Waals surface area contributed by atoms with Crippen molar-refractivity contribution >= 4 is 27.2 Å². The zero-order valence-corrected chi connectivity index (χ0v) is 25.5. The number of nitrogens with zero attached hydrogens (tertiary/aromatic N) is 1. The minimum Gasteiger partial charge on any atom is -0.300 e. The second-order valence-electron chi connectivity index (χ2n) is 11.2. The third-order valence-electron chi connectivity index (χ3n) is 8.05. The van der Waals surface area contributed by atoms with Crippen molar-refractivity contribution in [2.24, 2.45) is 5.92 Å². The fourth-order valence-electron chi connectivity index (χ4n) is 5.97. The number of ketones is 2. The zero-order chi connectivity index (χ0) is 30.4. The molecule has 0 saturated carbocycles. The van der Waals surface area contributed by atoms with Gasteiger partial charge in [-0.25, -0.2) is 8.42 Å². The first-order valence-electron chi connectivity index (χ1n) is 14.8. The first-order chi connectivity index (χ1) is 20.8. The van der Waals surface area contributed by atoms with E-state index in [0.29, 0.717) is 36.0 Å². The van der Waals surface area contributed by atoms with E-state index in [-0.39, 0.29) is 29.4 Å². The monoisotopic (exact) mass is 591 g/mol. The molecule has 0 radical (unpaired) electrons. The van der Waals surface area contributed by atoms with E-state index >= 15 is 0 Å². The van der Waals surface area contributed by atoms with Gasteiger partial charge in [-0.2, -0.15) is 4.31 Å². The van der Waals surface area contributed by atoms with E-state index in [4.69, 9.17) is 0 Å². The van der Waals surface area contributed by atoms with Crippen LogP contribution in [0.1, 0.15) is 53.2 Å². The average molecular weight is 592 g/mol. The first kappa shape index (κ1) is 30.3. The summed E-state index contributed by atoms with van der Waals surface area (Å²) < 4.78 is 30.6. The van der Waals surface area contributed by atoms with Crippen LogP contribution >= 0.6 is 0 Å². The maximum Gasteiger partial charge on any atom is 0.243 e. The minimum absolute atomic E-state index is 0.0208. The summed E-state index contributed by atoms with van der Waals surface area (Å²) in [6.45, 7) is 3.90. The third kappa shape index (κ3) is 6.76. The molecule has 1 heterocycles. The van der Waals surface area contributed by atoms with Gasteiger partial charge in [0.25, 0.3) is 0 Å². The predicted molar refractivity (Wildman–Crippen MR) is 171 cm³/mol. The summed E-state index contributed by atoms with van der Waals surface area (Å²) in [5.74, 6) is -0.749. The maximum absolute atomic E-state index is 14.5. The van der Waals surface area contributed by atoms with Crippen LogP contribution in [0.15, 0.2) is 126 Å². The predicted octanol–water partition coefficient (Wildman–Crippen LogP) is 7.32. The summed E-state index contributed by atoms with van der Waals surface area (Å²) in [5, 5.41) is 0. The number of hydrogen-bond donors (Lipinski definition) is 0. The molecular weight excluding hydrogens is 554 g/mol. The van der Waals surface area contributed by atoms with Crippen LogP contribution in [0.25, 0.3) is 5.57 Å². The average Bonchev–Trinajstić information content (AvgIpc) is 3.02. The van der Waals surface area contributed by atoms with Crippen LogP contribution in [0.3, 0.4) is 0 Å². The molecule has 1 aliphatic heterocycles. The van der Waals surface area contributed by atoms with E-state index in [0.717, 1.165) is 16.7 Å². The number of carbonyl (C=O) groups excluding carboxylic acids is 2. The second-order valence-corrected chi connectivity index (χ2v) is 13.1. The quantitative estimate of drug-likeness (QED) is 0.171. The van der Waals surface area contributed by atoms with Gasteiger partial charge < -0.3 is 0 Å². The van der Waals surface area contributed by atoms with Crippen molar-refractivity contribution in [3.8, 4) is 0 Å². The third-order valence-corrected chi connectivity index (χ3v) is 9.94. The standard InChI is InChI=1S/C37H37NO4S/c1-3-13-32(39)25-31-26-38(43(41,42)33-22-20-27(2)21-23-33)34(24-28-14-7-4-8-15-28)35(29-16-9-5-10-17-29)36(31)37(40)30-18-11-6-12-19-30/h4-12,14-23,31,34H,3,13,24-26H2,1-2H3/t31-,34-/m0/s1. The summed E-state index contributed by atoms with van der Waals surface area (Å²) in [6, 6.07) is 34.6. The SMILES string of the molecule is CCCC(=O)C[C@H]1CN(S(=O)(=O)c2ccc(C)cc2)[C@@H](Cc2ccccc2)C(c2ccccc2)=C1C(=O)c1ccccc1. The Morgan fingerprint density at radius 1 is 0.791 bits per heavy atom. The van der Waals surface area contributed by atoms with Crippen molar-refractivity contribution in [3.05, 3.63) is 143 Å². The highest BCUT2D eigenvalue weighted by atomic mass is 32.2. The van der Waals surface area contributed by atoms with E-state index in [1.807, 2.05) is 92.7 Å². The van der Waals surface area contributed by atoms with Crippen LogP contribution in [0.5, 0.6) is 0 Å². The van der Waals surface area contributed by atoms with Gasteiger partial charge in [0.05, 0.1) is 10.9 Å². The van der Waals surface area contributed by atoms with Crippen LogP contribution in [-0.2, 0) is 21.2 Å². The van der Waals surface area contributed by atoms with Gasteiger partial charge in [0.15, 0.2) is 5.78 Å². The van der Waals surface area contributed by atoms with Crippen molar-refractivity contribution in [1.82, 2.24) is 4.31 Å². The van der Waals surface area contributed by atoms with Crippen molar-refractivity contribution in [3.63, 3.8) is 0 Å². The largest absolute Gasteiger partial charge is 0.300 e. The normalized spacial score (nSPS) is 17.5. The molecule has 6 heteroatoms. The van der Waals surface area contributed by atoms with Crippen molar-refractivity contribution in [2.45, 2.75) is 50.5 Å². The Morgan fingerprint density at radius 2 is 1.37 bits per heavy atom. The van der Waals surface area contributed by atoms with Crippen LogP contribution < -0.4 is 0 Å². The molecule has 0 unspecified atom stereocenters. The van der Waals surface area contributed by atoms with Crippen LogP contribution in [0.2, 0.25) is 0 Å². The molecule has 5 rings (SSSR count). The molecule has 0 aliphatic carbocycles. The molecule has 0 bridgehead atoms. The summed E-state index contributed by atoms with van der Waals surface area (Å²) in [6.07, 6.45) is 1.53. The van der Waals surface area contributed by atoms with Crippen LogP contribution in [0.4, 0.5) is 0 Å². The molecule has 0 amide bonds. The fourth-order valence-corrected chi connectivity index (χ4v) is 7.61. The maximum atomic E-state index is 14.5. The highest BCUT2D eigenvalue weighted by Gasteiger charge is 2.44. The van der Waals surface area contributed by atoms with Crippen LogP contribution in [-0.4, -0.2) is 36.9 Å². The Bertz CT molecular complexity index is 1700. The molecule has 2 atom stereocenters. The topological polar surface area (TPSA) is 71.5 Å². The van der Waals surface area contributed by atoms with E-state index in [1.165, 1.54) is 0 Å². The Labute approximate surface area is 254 Å². The molecule has 0 fully saturated rings.